The van der Waals surface area contributed by atoms with Crippen LogP contribution in [0.2, 0.25) is 0 Å². The number of amides is 1. The highest BCUT2D eigenvalue weighted by molar-refractivity contribution is 5.80. The van der Waals surface area contributed by atoms with Gasteiger partial charge in [0.2, 0.25) is 5.91 Å². The van der Waals surface area contributed by atoms with Gasteiger partial charge in [-0.1, -0.05) is 26.2 Å². The summed E-state index contributed by atoms with van der Waals surface area (Å²) in [4.78, 5) is 12.3. The lowest BCUT2D eigenvalue weighted by molar-refractivity contribution is -0.130. The Hall–Kier alpha value is -0.610. The van der Waals surface area contributed by atoms with Crippen LogP contribution in [0.3, 0.4) is 0 Å². The first-order valence-corrected chi connectivity index (χ1v) is 7.33. The number of nitrogens with one attached hydrogen (secondary N) is 1. The van der Waals surface area contributed by atoms with Crippen molar-refractivity contribution < 1.29 is 9.90 Å². The summed E-state index contributed by atoms with van der Waals surface area (Å²) in [5, 5.41) is 12.9. The standard InChI is InChI=1S/C14H26N2O2/c1-9-5-4-6-10(15)13(9)14(18)16-11-7-2-3-8-12(11)17/h9-13,17H,2-8,15H2,1H3,(H,16,18). The summed E-state index contributed by atoms with van der Waals surface area (Å²) in [7, 11) is 0. The van der Waals surface area contributed by atoms with Crippen molar-refractivity contribution in [3.05, 3.63) is 0 Å². The Balaban J connectivity index is 1.93. The van der Waals surface area contributed by atoms with Crippen molar-refractivity contribution >= 4 is 5.91 Å². The minimum Gasteiger partial charge on any atom is -0.391 e. The molecule has 5 unspecified atom stereocenters. The first-order chi connectivity index (χ1) is 8.59. The van der Waals surface area contributed by atoms with Crippen molar-refractivity contribution in [2.24, 2.45) is 17.6 Å². The molecule has 5 atom stereocenters. The second-order valence-corrected chi connectivity index (χ2v) is 6.06. The monoisotopic (exact) mass is 254 g/mol. The van der Waals surface area contributed by atoms with E-state index in [2.05, 4.69) is 12.2 Å². The fraction of sp³-hybridized carbons (Fsp3) is 0.929. The normalized spacial score (nSPS) is 41.4. The Kier molecular flexibility index (Phi) is 4.62. The number of aliphatic hydroxyl groups excluding tert-OH is 1. The zero-order chi connectivity index (χ0) is 13.1. The van der Waals surface area contributed by atoms with Gasteiger partial charge in [0.05, 0.1) is 18.1 Å². The minimum atomic E-state index is -0.377. The topological polar surface area (TPSA) is 75.4 Å². The van der Waals surface area contributed by atoms with E-state index in [4.69, 9.17) is 5.73 Å². The molecule has 2 fully saturated rings. The second-order valence-electron chi connectivity index (χ2n) is 6.06. The molecule has 0 aliphatic heterocycles. The largest absolute Gasteiger partial charge is 0.391 e. The van der Waals surface area contributed by atoms with Crippen LogP contribution in [0.4, 0.5) is 0 Å². The summed E-state index contributed by atoms with van der Waals surface area (Å²) in [6, 6.07) is -0.0814. The fourth-order valence-corrected chi connectivity index (χ4v) is 3.47. The van der Waals surface area contributed by atoms with Crippen LogP contribution < -0.4 is 11.1 Å². The van der Waals surface area contributed by atoms with Crippen molar-refractivity contribution in [2.75, 3.05) is 0 Å². The third kappa shape index (κ3) is 3.04. The molecule has 2 aliphatic carbocycles. The second kappa shape index (κ2) is 6.02. The number of aliphatic hydroxyl groups is 1. The van der Waals surface area contributed by atoms with Gasteiger partial charge < -0.3 is 16.2 Å². The van der Waals surface area contributed by atoms with E-state index in [9.17, 15) is 9.90 Å². The van der Waals surface area contributed by atoms with Gasteiger partial charge in [-0.15, -0.1) is 0 Å². The van der Waals surface area contributed by atoms with Crippen molar-refractivity contribution in [3.63, 3.8) is 0 Å². The SMILES string of the molecule is CC1CCCC(N)C1C(=O)NC1CCCCC1O. The summed E-state index contributed by atoms with van der Waals surface area (Å²) in [6.07, 6.45) is 6.62. The van der Waals surface area contributed by atoms with Gasteiger partial charge in [0, 0.05) is 6.04 Å². The number of hydrogen-bond acceptors (Lipinski definition) is 3. The molecule has 0 saturated heterocycles. The zero-order valence-corrected chi connectivity index (χ0v) is 11.3. The Morgan fingerprint density at radius 3 is 2.56 bits per heavy atom. The molecule has 0 aromatic carbocycles. The van der Waals surface area contributed by atoms with E-state index in [0.717, 1.165) is 44.9 Å². The van der Waals surface area contributed by atoms with Gasteiger partial charge in [0.15, 0.2) is 0 Å². The molecule has 0 heterocycles. The van der Waals surface area contributed by atoms with Gasteiger partial charge in [0.25, 0.3) is 0 Å². The summed E-state index contributed by atoms with van der Waals surface area (Å²) >= 11 is 0. The van der Waals surface area contributed by atoms with Gasteiger partial charge >= 0.3 is 0 Å². The average Bonchev–Trinajstić information content (AvgIpc) is 2.32. The van der Waals surface area contributed by atoms with E-state index in [1.54, 1.807) is 0 Å². The third-order valence-electron chi connectivity index (χ3n) is 4.63. The zero-order valence-electron chi connectivity index (χ0n) is 11.3. The molecule has 4 N–H and O–H groups in total. The molecule has 2 aliphatic rings. The molecule has 1 amide bonds. The molecule has 104 valence electrons. The van der Waals surface area contributed by atoms with Gasteiger partial charge in [0.1, 0.15) is 0 Å². The van der Waals surface area contributed by atoms with Crippen molar-refractivity contribution in [1.29, 1.82) is 0 Å². The maximum absolute atomic E-state index is 12.3. The van der Waals surface area contributed by atoms with Crippen LogP contribution in [-0.2, 0) is 4.79 Å². The van der Waals surface area contributed by atoms with E-state index in [-0.39, 0.29) is 30.0 Å². The number of rotatable bonds is 2. The average molecular weight is 254 g/mol. The summed E-state index contributed by atoms with van der Waals surface area (Å²) < 4.78 is 0. The maximum Gasteiger partial charge on any atom is 0.225 e. The van der Waals surface area contributed by atoms with Crippen molar-refractivity contribution in [1.82, 2.24) is 5.32 Å². The van der Waals surface area contributed by atoms with Crippen LogP contribution in [0.1, 0.15) is 51.9 Å². The lowest BCUT2D eigenvalue weighted by atomic mass is 9.76. The van der Waals surface area contributed by atoms with E-state index in [1.165, 1.54) is 0 Å². The molecule has 0 spiro atoms. The maximum atomic E-state index is 12.3. The number of hydrogen-bond donors (Lipinski definition) is 3. The van der Waals surface area contributed by atoms with E-state index in [0.29, 0.717) is 5.92 Å². The predicted octanol–water partition coefficient (Wildman–Crippen LogP) is 1.17. The predicted molar refractivity (Wildman–Crippen MR) is 70.9 cm³/mol. The first-order valence-electron chi connectivity index (χ1n) is 7.33. The fourth-order valence-electron chi connectivity index (χ4n) is 3.47. The Labute approximate surface area is 109 Å². The van der Waals surface area contributed by atoms with E-state index >= 15 is 0 Å². The Bertz CT molecular complexity index is 286. The molecular weight excluding hydrogens is 228 g/mol. The lowest BCUT2D eigenvalue weighted by Crippen LogP contribution is -2.53. The first kappa shape index (κ1) is 13.8. The number of carbonyl (C=O) groups excluding carboxylic acids is 1. The van der Waals surface area contributed by atoms with Crippen LogP contribution in [0.5, 0.6) is 0 Å². The Morgan fingerprint density at radius 2 is 1.89 bits per heavy atom. The highest BCUT2D eigenvalue weighted by Crippen LogP contribution is 2.29. The Morgan fingerprint density at radius 1 is 1.17 bits per heavy atom. The van der Waals surface area contributed by atoms with E-state index in [1.807, 2.05) is 0 Å². The van der Waals surface area contributed by atoms with Crippen LogP contribution in [0, 0.1) is 11.8 Å². The van der Waals surface area contributed by atoms with Crippen LogP contribution in [-0.4, -0.2) is 29.2 Å². The number of carbonyl (C=O) groups is 1. The highest BCUT2D eigenvalue weighted by Gasteiger charge is 2.36. The molecule has 2 rings (SSSR count). The smallest absolute Gasteiger partial charge is 0.225 e. The van der Waals surface area contributed by atoms with Gasteiger partial charge in [-0.3, -0.25) is 4.79 Å². The third-order valence-corrected chi connectivity index (χ3v) is 4.63. The molecule has 4 heteroatoms. The molecule has 0 aromatic heterocycles. The molecular formula is C14H26N2O2. The lowest BCUT2D eigenvalue weighted by Gasteiger charge is -2.36. The summed E-state index contributed by atoms with van der Waals surface area (Å²) in [5.74, 6) is 0.336. The number of nitrogens with two attached hydrogens (primary N) is 1. The molecule has 2 saturated carbocycles. The van der Waals surface area contributed by atoms with E-state index < -0.39 is 0 Å². The highest BCUT2D eigenvalue weighted by atomic mass is 16.3. The van der Waals surface area contributed by atoms with Crippen LogP contribution >= 0.6 is 0 Å². The quantitative estimate of drug-likeness (QED) is 0.692. The van der Waals surface area contributed by atoms with Crippen LogP contribution in [0.25, 0.3) is 0 Å². The molecule has 0 radical (unpaired) electrons. The molecule has 18 heavy (non-hydrogen) atoms. The molecule has 4 nitrogen and oxygen atoms in total. The van der Waals surface area contributed by atoms with Gasteiger partial charge in [-0.2, -0.15) is 0 Å². The van der Waals surface area contributed by atoms with Gasteiger partial charge in [-0.25, -0.2) is 0 Å². The van der Waals surface area contributed by atoms with Crippen molar-refractivity contribution in [3.8, 4) is 0 Å². The van der Waals surface area contributed by atoms with Gasteiger partial charge in [-0.05, 0) is 31.6 Å². The summed E-state index contributed by atoms with van der Waals surface area (Å²) in [5.41, 5.74) is 6.09. The van der Waals surface area contributed by atoms with Crippen molar-refractivity contribution in [2.45, 2.75) is 70.1 Å². The molecule has 0 aromatic rings. The molecule has 0 bridgehead atoms. The van der Waals surface area contributed by atoms with Crippen LogP contribution in [0.15, 0.2) is 0 Å². The summed E-state index contributed by atoms with van der Waals surface area (Å²) in [6.45, 7) is 2.11. The minimum absolute atomic E-state index is 0.0190.